The second-order valence-corrected chi connectivity index (χ2v) is 5.02. The third-order valence-corrected chi connectivity index (χ3v) is 3.59. The second-order valence-electron chi connectivity index (χ2n) is 5.02. The molecule has 0 spiro atoms. The van der Waals surface area contributed by atoms with Gasteiger partial charge in [0.1, 0.15) is 6.04 Å². The fourth-order valence-corrected chi connectivity index (χ4v) is 2.62. The molecule has 0 aromatic heterocycles. The van der Waals surface area contributed by atoms with Gasteiger partial charge in [0.05, 0.1) is 13.2 Å². The Morgan fingerprint density at radius 3 is 2.55 bits per heavy atom. The summed E-state index contributed by atoms with van der Waals surface area (Å²) >= 11 is 0. The molecule has 6 heteroatoms. The Morgan fingerprint density at radius 2 is 1.91 bits per heavy atom. The molecule has 1 aromatic carbocycles. The molecule has 0 radical (unpaired) electrons. The van der Waals surface area contributed by atoms with Crippen molar-refractivity contribution < 1.29 is 24.2 Å². The normalized spacial score (nSPS) is 17.4. The van der Waals surface area contributed by atoms with Gasteiger partial charge in [-0.1, -0.05) is 0 Å². The molecule has 0 bridgehead atoms. The lowest BCUT2D eigenvalue weighted by Crippen LogP contribution is -2.40. The SMILES string of the molecule is CCOc1ccc(C(=O)N2CCC[C@H]2C(=O)O)cc1OCC. The van der Waals surface area contributed by atoms with E-state index in [4.69, 9.17) is 9.47 Å². The molecule has 0 unspecified atom stereocenters. The molecule has 6 nitrogen and oxygen atoms in total. The van der Waals surface area contributed by atoms with Gasteiger partial charge in [0, 0.05) is 12.1 Å². The van der Waals surface area contributed by atoms with Crippen LogP contribution in [-0.2, 0) is 4.79 Å². The van der Waals surface area contributed by atoms with Crippen LogP contribution in [0, 0.1) is 0 Å². The maximum Gasteiger partial charge on any atom is 0.326 e. The monoisotopic (exact) mass is 307 g/mol. The molecule has 1 aliphatic rings. The Kier molecular flexibility index (Phi) is 5.25. The fourth-order valence-electron chi connectivity index (χ4n) is 2.62. The minimum atomic E-state index is -0.957. The Balaban J connectivity index is 2.25. The van der Waals surface area contributed by atoms with Gasteiger partial charge in [-0.3, -0.25) is 4.79 Å². The topological polar surface area (TPSA) is 76.1 Å². The molecule has 1 aromatic rings. The van der Waals surface area contributed by atoms with E-state index < -0.39 is 12.0 Å². The average molecular weight is 307 g/mol. The quantitative estimate of drug-likeness (QED) is 0.871. The highest BCUT2D eigenvalue weighted by Gasteiger charge is 2.34. The Bertz CT molecular complexity index is 557. The van der Waals surface area contributed by atoms with E-state index in [1.165, 1.54) is 4.90 Å². The molecule has 1 heterocycles. The molecular formula is C16H21NO5. The standard InChI is InChI=1S/C16H21NO5/c1-3-21-13-8-7-11(10-14(13)22-4-2)15(18)17-9-5-6-12(17)16(19)20/h7-8,10,12H,3-6,9H2,1-2H3,(H,19,20)/t12-/m0/s1. The van der Waals surface area contributed by atoms with Crippen LogP contribution in [0.5, 0.6) is 11.5 Å². The van der Waals surface area contributed by atoms with E-state index in [1.54, 1.807) is 18.2 Å². The van der Waals surface area contributed by atoms with Gasteiger partial charge in [0.15, 0.2) is 11.5 Å². The van der Waals surface area contributed by atoms with Crippen LogP contribution in [0.4, 0.5) is 0 Å². The van der Waals surface area contributed by atoms with Crippen molar-refractivity contribution in [1.29, 1.82) is 0 Å². The first-order valence-corrected chi connectivity index (χ1v) is 7.51. The van der Waals surface area contributed by atoms with Crippen molar-refractivity contribution >= 4 is 11.9 Å². The number of hydrogen-bond donors (Lipinski definition) is 1. The molecule has 1 atom stereocenters. The van der Waals surface area contributed by atoms with Crippen LogP contribution in [-0.4, -0.2) is 47.7 Å². The smallest absolute Gasteiger partial charge is 0.326 e. The zero-order valence-corrected chi connectivity index (χ0v) is 12.9. The lowest BCUT2D eigenvalue weighted by Gasteiger charge is -2.22. The van der Waals surface area contributed by atoms with Crippen LogP contribution in [0.1, 0.15) is 37.0 Å². The lowest BCUT2D eigenvalue weighted by atomic mass is 10.1. The zero-order valence-electron chi connectivity index (χ0n) is 12.9. The first-order valence-electron chi connectivity index (χ1n) is 7.51. The Hall–Kier alpha value is -2.24. The molecule has 0 aliphatic carbocycles. The van der Waals surface area contributed by atoms with Crippen molar-refractivity contribution in [3.63, 3.8) is 0 Å². The Morgan fingerprint density at radius 1 is 1.23 bits per heavy atom. The molecule has 1 aliphatic heterocycles. The molecule has 1 amide bonds. The van der Waals surface area contributed by atoms with Crippen LogP contribution in [0.3, 0.4) is 0 Å². The molecule has 0 saturated carbocycles. The maximum absolute atomic E-state index is 12.6. The molecule has 1 fully saturated rings. The van der Waals surface area contributed by atoms with Crippen molar-refractivity contribution in [3.05, 3.63) is 23.8 Å². The highest BCUT2D eigenvalue weighted by Crippen LogP contribution is 2.30. The summed E-state index contributed by atoms with van der Waals surface area (Å²) in [5.41, 5.74) is 0.417. The number of aliphatic carboxylic acids is 1. The number of carbonyl (C=O) groups excluding carboxylic acids is 1. The van der Waals surface area contributed by atoms with Gasteiger partial charge in [-0.2, -0.15) is 0 Å². The van der Waals surface area contributed by atoms with Crippen molar-refractivity contribution in [1.82, 2.24) is 4.90 Å². The summed E-state index contributed by atoms with van der Waals surface area (Å²) in [6.07, 6.45) is 1.20. The number of amides is 1. The third-order valence-electron chi connectivity index (χ3n) is 3.59. The van der Waals surface area contributed by atoms with E-state index >= 15 is 0 Å². The number of hydrogen-bond acceptors (Lipinski definition) is 4. The third kappa shape index (κ3) is 3.32. The van der Waals surface area contributed by atoms with Crippen LogP contribution in [0.2, 0.25) is 0 Å². The van der Waals surface area contributed by atoms with Crippen LogP contribution >= 0.6 is 0 Å². The molecule has 2 rings (SSSR count). The summed E-state index contributed by atoms with van der Waals surface area (Å²) in [4.78, 5) is 25.2. The van der Waals surface area contributed by atoms with Gasteiger partial charge in [0.2, 0.25) is 0 Å². The summed E-state index contributed by atoms with van der Waals surface area (Å²) < 4.78 is 11.0. The number of rotatable bonds is 6. The van der Waals surface area contributed by atoms with Gasteiger partial charge in [-0.15, -0.1) is 0 Å². The van der Waals surface area contributed by atoms with Gasteiger partial charge in [-0.05, 0) is 44.9 Å². The average Bonchev–Trinajstić information content (AvgIpc) is 2.98. The predicted molar refractivity (Wildman–Crippen MR) is 80.5 cm³/mol. The number of carbonyl (C=O) groups is 2. The van der Waals surface area contributed by atoms with Crippen molar-refractivity contribution in [2.75, 3.05) is 19.8 Å². The van der Waals surface area contributed by atoms with Crippen LogP contribution < -0.4 is 9.47 Å². The fraction of sp³-hybridized carbons (Fsp3) is 0.500. The van der Waals surface area contributed by atoms with Crippen LogP contribution in [0.25, 0.3) is 0 Å². The highest BCUT2D eigenvalue weighted by atomic mass is 16.5. The number of benzene rings is 1. The molecule has 1 N–H and O–H groups in total. The second kappa shape index (κ2) is 7.15. The first kappa shape index (κ1) is 16.1. The van der Waals surface area contributed by atoms with Crippen molar-refractivity contribution in [2.45, 2.75) is 32.7 Å². The van der Waals surface area contributed by atoms with E-state index in [9.17, 15) is 14.7 Å². The zero-order chi connectivity index (χ0) is 16.1. The summed E-state index contributed by atoms with van der Waals surface area (Å²) in [6.45, 7) is 5.15. The largest absolute Gasteiger partial charge is 0.490 e. The van der Waals surface area contributed by atoms with Gasteiger partial charge < -0.3 is 19.5 Å². The van der Waals surface area contributed by atoms with Gasteiger partial charge in [0.25, 0.3) is 5.91 Å². The predicted octanol–water partition coefficient (Wildman–Crippen LogP) is 2.17. The number of nitrogens with zero attached hydrogens (tertiary/aromatic N) is 1. The number of likely N-dealkylation sites (tertiary alicyclic amines) is 1. The van der Waals surface area contributed by atoms with Gasteiger partial charge in [-0.25, -0.2) is 4.79 Å². The van der Waals surface area contributed by atoms with Gasteiger partial charge >= 0.3 is 5.97 Å². The van der Waals surface area contributed by atoms with E-state index in [-0.39, 0.29) is 5.91 Å². The number of ether oxygens (including phenoxy) is 2. The lowest BCUT2D eigenvalue weighted by molar-refractivity contribution is -0.141. The maximum atomic E-state index is 12.6. The van der Waals surface area contributed by atoms with E-state index in [0.29, 0.717) is 49.7 Å². The number of carboxylic acid groups (broad SMARTS) is 1. The molecular weight excluding hydrogens is 286 g/mol. The highest BCUT2D eigenvalue weighted by molar-refractivity contribution is 5.97. The summed E-state index contributed by atoms with van der Waals surface area (Å²) in [5.74, 6) is -0.158. The summed E-state index contributed by atoms with van der Waals surface area (Å²) in [5, 5.41) is 9.19. The van der Waals surface area contributed by atoms with E-state index in [0.717, 1.165) is 0 Å². The molecule has 1 saturated heterocycles. The van der Waals surface area contributed by atoms with E-state index in [1.807, 2.05) is 13.8 Å². The first-order chi connectivity index (χ1) is 10.6. The Labute approximate surface area is 129 Å². The summed E-state index contributed by atoms with van der Waals surface area (Å²) in [7, 11) is 0. The van der Waals surface area contributed by atoms with Crippen LogP contribution in [0.15, 0.2) is 18.2 Å². The minimum absolute atomic E-state index is 0.283. The summed E-state index contributed by atoms with van der Waals surface area (Å²) in [6, 6.07) is 4.21. The van der Waals surface area contributed by atoms with E-state index in [2.05, 4.69) is 0 Å². The van der Waals surface area contributed by atoms with Crippen molar-refractivity contribution in [3.8, 4) is 11.5 Å². The number of carboxylic acids is 1. The minimum Gasteiger partial charge on any atom is -0.490 e. The van der Waals surface area contributed by atoms with Crippen molar-refractivity contribution in [2.24, 2.45) is 0 Å². The molecule has 120 valence electrons. The molecule has 22 heavy (non-hydrogen) atoms.